The van der Waals surface area contributed by atoms with Gasteiger partial charge >= 0.3 is 5.97 Å². The summed E-state index contributed by atoms with van der Waals surface area (Å²) in [5.41, 5.74) is 0. The smallest absolute Gasteiger partial charge is 0.305 e. The van der Waals surface area contributed by atoms with Crippen LogP contribution in [0.4, 0.5) is 0 Å². The van der Waals surface area contributed by atoms with Crippen molar-refractivity contribution in [2.24, 2.45) is 0 Å². The molecular formula is C11H19O3S. The second-order valence-corrected chi connectivity index (χ2v) is 4.82. The molecule has 0 aromatic rings. The normalized spacial score (nSPS) is 12.2. The van der Waals surface area contributed by atoms with Gasteiger partial charge in [-0.05, 0) is 19.3 Å². The molecule has 3 nitrogen and oxygen atoms in total. The van der Waals surface area contributed by atoms with Crippen molar-refractivity contribution in [3.8, 4) is 0 Å². The van der Waals surface area contributed by atoms with Gasteiger partial charge in [-0.3, -0.25) is 9.59 Å². The zero-order chi connectivity index (χ0) is 11.7. The van der Waals surface area contributed by atoms with Gasteiger partial charge in [0, 0.05) is 18.6 Å². The van der Waals surface area contributed by atoms with Crippen LogP contribution in [0.3, 0.4) is 0 Å². The highest BCUT2D eigenvalue weighted by molar-refractivity contribution is 8.14. The lowest BCUT2D eigenvalue weighted by atomic mass is 10.1. The Morgan fingerprint density at radius 3 is 2.53 bits per heavy atom. The quantitative estimate of drug-likeness (QED) is 0.499. The molecule has 15 heavy (non-hydrogen) atoms. The fraction of sp³-hybridized carbons (Fsp3) is 0.727. The first-order chi connectivity index (χ1) is 7.10. The standard InChI is InChI=1S/C11H19O3S/c1-4-10(15-9(2)12)7-5-6-8-11(13)14-3/h10H,1,4-8H2,2-3H3. The Kier molecular flexibility index (Phi) is 8.47. The highest BCUT2D eigenvalue weighted by atomic mass is 32.2. The summed E-state index contributed by atoms with van der Waals surface area (Å²) in [6.45, 7) is 5.38. The molecular weight excluding hydrogens is 212 g/mol. The number of hydrogen-bond acceptors (Lipinski definition) is 4. The summed E-state index contributed by atoms with van der Waals surface area (Å²) in [6, 6.07) is 0. The van der Waals surface area contributed by atoms with Crippen molar-refractivity contribution in [3.05, 3.63) is 6.92 Å². The van der Waals surface area contributed by atoms with Crippen LogP contribution in [0.15, 0.2) is 0 Å². The molecule has 0 N–H and O–H groups in total. The number of hydrogen-bond donors (Lipinski definition) is 0. The van der Waals surface area contributed by atoms with Gasteiger partial charge in [-0.2, -0.15) is 0 Å². The lowest BCUT2D eigenvalue weighted by Crippen LogP contribution is -2.05. The van der Waals surface area contributed by atoms with Gasteiger partial charge in [0.15, 0.2) is 5.12 Å². The van der Waals surface area contributed by atoms with Gasteiger partial charge in [-0.25, -0.2) is 0 Å². The van der Waals surface area contributed by atoms with Crippen LogP contribution in [-0.4, -0.2) is 23.4 Å². The van der Waals surface area contributed by atoms with E-state index in [0.717, 1.165) is 25.7 Å². The zero-order valence-electron chi connectivity index (χ0n) is 9.45. The Morgan fingerprint density at radius 2 is 2.07 bits per heavy atom. The molecule has 0 amide bonds. The summed E-state index contributed by atoms with van der Waals surface area (Å²) in [5.74, 6) is -0.166. The molecule has 0 fully saturated rings. The molecule has 0 saturated carbocycles. The van der Waals surface area contributed by atoms with E-state index in [4.69, 9.17) is 0 Å². The predicted molar refractivity (Wildman–Crippen MR) is 62.5 cm³/mol. The number of methoxy groups -OCH3 is 1. The van der Waals surface area contributed by atoms with Crippen LogP contribution in [0.2, 0.25) is 0 Å². The van der Waals surface area contributed by atoms with E-state index < -0.39 is 0 Å². The summed E-state index contributed by atoms with van der Waals surface area (Å²) in [7, 11) is 1.40. The van der Waals surface area contributed by atoms with Gasteiger partial charge in [0.05, 0.1) is 7.11 Å². The molecule has 0 aliphatic carbocycles. The van der Waals surface area contributed by atoms with Crippen LogP contribution in [0.1, 0.15) is 39.0 Å². The third-order valence-electron chi connectivity index (χ3n) is 2.04. The van der Waals surface area contributed by atoms with E-state index in [-0.39, 0.29) is 11.1 Å². The molecule has 0 aliphatic rings. The molecule has 1 unspecified atom stereocenters. The lowest BCUT2D eigenvalue weighted by molar-refractivity contribution is -0.140. The number of thioether (sulfide) groups is 1. The first kappa shape index (κ1) is 14.5. The highest BCUT2D eigenvalue weighted by Gasteiger charge is 2.09. The van der Waals surface area contributed by atoms with E-state index in [1.165, 1.54) is 18.9 Å². The van der Waals surface area contributed by atoms with Crippen molar-refractivity contribution in [2.45, 2.75) is 44.3 Å². The number of ether oxygens (including phenoxy) is 1. The Hall–Kier alpha value is -0.510. The maximum atomic E-state index is 10.9. The molecule has 0 spiro atoms. The van der Waals surface area contributed by atoms with Gasteiger partial charge in [-0.15, -0.1) is 0 Å². The third-order valence-corrected chi connectivity index (χ3v) is 3.18. The van der Waals surface area contributed by atoms with E-state index in [0.29, 0.717) is 11.7 Å². The summed E-state index contributed by atoms with van der Waals surface area (Å²) in [6.07, 6.45) is 3.91. The van der Waals surface area contributed by atoms with Crippen molar-refractivity contribution in [2.75, 3.05) is 7.11 Å². The SMILES string of the molecule is [CH2]CC(CCCCC(=O)OC)SC(C)=O. The van der Waals surface area contributed by atoms with E-state index >= 15 is 0 Å². The summed E-state index contributed by atoms with van der Waals surface area (Å²) < 4.78 is 4.54. The van der Waals surface area contributed by atoms with E-state index in [9.17, 15) is 9.59 Å². The Bertz CT molecular complexity index is 204. The van der Waals surface area contributed by atoms with E-state index in [1.54, 1.807) is 6.92 Å². The maximum Gasteiger partial charge on any atom is 0.305 e. The minimum Gasteiger partial charge on any atom is -0.469 e. The molecule has 87 valence electrons. The molecule has 0 aromatic heterocycles. The molecule has 0 heterocycles. The fourth-order valence-electron chi connectivity index (χ4n) is 1.24. The van der Waals surface area contributed by atoms with Crippen LogP contribution in [0.5, 0.6) is 0 Å². The molecule has 0 saturated heterocycles. The second kappa shape index (κ2) is 8.77. The molecule has 4 heteroatoms. The number of rotatable bonds is 7. The molecule has 0 bridgehead atoms. The molecule has 0 rings (SSSR count). The monoisotopic (exact) mass is 231 g/mol. The van der Waals surface area contributed by atoms with Crippen LogP contribution in [0, 0.1) is 6.92 Å². The minimum atomic E-state index is -0.166. The Balaban J connectivity index is 3.54. The molecule has 1 radical (unpaired) electrons. The van der Waals surface area contributed by atoms with Crippen molar-refractivity contribution in [1.29, 1.82) is 0 Å². The van der Waals surface area contributed by atoms with Crippen molar-refractivity contribution < 1.29 is 14.3 Å². The average Bonchev–Trinajstić information content (AvgIpc) is 2.21. The third kappa shape index (κ3) is 8.48. The number of carbonyl (C=O) groups excluding carboxylic acids is 2. The van der Waals surface area contributed by atoms with Crippen LogP contribution in [0.25, 0.3) is 0 Å². The van der Waals surface area contributed by atoms with Gasteiger partial charge < -0.3 is 4.74 Å². The van der Waals surface area contributed by atoms with Crippen molar-refractivity contribution in [1.82, 2.24) is 0 Å². The van der Waals surface area contributed by atoms with E-state index in [1.807, 2.05) is 0 Å². The maximum absolute atomic E-state index is 10.9. The number of esters is 1. The molecule has 0 aromatic carbocycles. The minimum absolute atomic E-state index is 0.136. The topological polar surface area (TPSA) is 43.4 Å². The Labute approximate surface area is 95.9 Å². The largest absolute Gasteiger partial charge is 0.469 e. The highest BCUT2D eigenvalue weighted by Crippen LogP contribution is 2.21. The summed E-state index contributed by atoms with van der Waals surface area (Å²) in [4.78, 5) is 21.7. The fourth-order valence-corrected chi connectivity index (χ4v) is 2.11. The van der Waals surface area contributed by atoms with Crippen LogP contribution in [-0.2, 0) is 14.3 Å². The Morgan fingerprint density at radius 1 is 1.40 bits per heavy atom. The first-order valence-corrected chi connectivity index (χ1v) is 6.01. The zero-order valence-corrected chi connectivity index (χ0v) is 10.3. The summed E-state index contributed by atoms with van der Waals surface area (Å²) in [5, 5.41) is 0.428. The van der Waals surface area contributed by atoms with Crippen molar-refractivity contribution in [3.63, 3.8) is 0 Å². The van der Waals surface area contributed by atoms with E-state index in [2.05, 4.69) is 11.7 Å². The van der Waals surface area contributed by atoms with Gasteiger partial charge in [0.25, 0.3) is 0 Å². The molecule has 1 atom stereocenters. The van der Waals surface area contributed by atoms with Crippen LogP contribution < -0.4 is 0 Å². The van der Waals surface area contributed by atoms with Gasteiger partial charge in [0.2, 0.25) is 0 Å². The number of unbranched alkanes of at least 4 members (excludes halogenated alkanes) is 1. The predicted octanol–water partition coefficient (Wildman–Crippen LogP) is 2.59. The van der Waals surface area contributed by atoms with Gasteiger partial charge in [0.1, 0.15) is 0 Å². The lowest BCUT2D eigenvalue weighted by Gasteiger charge is -2.11. The second-order valence-electron chi connectivity index (χ2n) is 3.34. The van der Waals surface area contributed by atoms with Crippen LogP contribution >= 0.6 is 11.8 Å². The first-order valence-electron chi connectivity index (χ1n) is 5.13. The van der Waals surface area contributed by atoms with Gasteiger partial charge in [-0.1, -0.05) is 25.1 Å². The number of carbonyl (C=O) groups is 2. The van der Waals surface area contributed by atoms with Crippen molar-refractivity contribution >= 4 is 22.8 Å². The molecule has 0 aliphatic heterocycles. The summed E-state index contributed by atoms with van der Waals surface area (Å²) >= 11 is 1.35. The average molecular weight is 231 g/mol.